The van der Waals surface area contributed by atoms with Crippen molar-refractivity contribution in [1.82, 2.24) is 9.88 Å². The van der Waals surface area contributed by atoms with E-state index in [-0.39, 0.29) is 43.5 Å². The number of piperidine rings is 1. The van der Waals surface area contributed by atoms with Gasteiger partial charge in [-0.2, -0.15) is 13.2 Å². The van der Waals surface area contributed by atoms with Gasteiger partial charge in [0, 0.05) is 30.1 Å². The van der Waals surface area contributed by atoms with Crippen LogP contribution in [0.2, 0.25) is 0 Å². The Bertz CT molecular complexity index is 1430. The van der Waals surface area contributed by atoms with Gasteiger partial charge in [-0.3, -0.25) is 4.90 Å². The second kappa shape index (κ2) is 13.5. The van der Waals surface area contributed by atoms with Crippen molar-refractivity contribution in [2.75, 3.05) is 44.7 Å². The number of alkyl halides is 4. The maximum absolute atomic E-state index is 15.6. The van der Waals surface area contributed by atoms with Crippen LogP contribution in [0.25, 0.3) is 11.0 Å². The zero-order valence-corrected chi connectivity index (χ0v) is 25.8. The lowest BCUT2D eigenvalue weighted by Gasteiger charge is -2.45. The van der Waals surface area contributed by atoms with E-state index in [0.29, 0.717) is 35.5 Å². The average Bonchev–Trinajstić information content (AvgIpc) is 3.29. The van der Waals surface area contributed by atoms with E-state index in [1.165, 1.54) is 0 Å². The third-order valence-corrected chi connectivity index (χ3v) is 9.01. The SMILES string of the molecule is CCC1CC(Nc2cccc3c(CC(F)(F)F)c(C#CCOc4ccc(P(C)C)nc4NC)oc23)C(F)C(CC)N1C. The lowest BCUT2D eigenvalue weighted by molar-refractivity contribution is -0.127. The third-order valence-electron chi connectivity index (χ3n) is 7.84. The number of rotatable bonds is 9. The van der Waals surface area contributed by atoms with Crippen molar-refractivity contribution < 1.29 is 26.7 Å². The van der Waals surface area contributed by atoms with Gasteiger partial charge in [0.25, 0.3) is 0 Å². The first-order valence-electron chi connectivity index (χ1n) is 14.2. The monoisotopic (exact) mass is 606 g/mol. The number of ether oxygens (including phenoxy) is 1. The summed E-state index contributed by atoms with van der Waals surface area (Å²) in [6.45, 7) is 8.16. The van der Waals surface area contributed by atoms with Gasteiger partial charge in [-0.05, 0) is 63.8 Å². The van der Waals surface area contributed by atoms with Crippen LogP contribution in [-0.4, -0.2) is 74.4 Å². The molecule has 1 aromatic carbocycles. The van der Waals surface area contributed by atoms with Gasteiger partial charge >= 0.3 is 6.18 Å². The molecule has 0 bridgehead atoms. The Kier molecular flexibility index (Phi) is 10.3. The van der Waals surface area contributed by atoms with Crippen LogP contribution in [0.4, 0.5) is 29.1 Å². The topological polar surface area (TPSA) is 62.6 Å². The summed E-state index contributed by atoms with van der Waals surface area (Å²) in [6, 6.07) is 8.09. The van der Waals surface area contributed by atoms with Crippen molar-refractivity contribution in [3.05, 3.63) is 41.7 Å². The van der Waals surface area contributed by atoms with Gasteiger partial charge in [0.15, 0.2) is 22.9 Å². The number of pyridine rings is 1. The summed E-state index contributed by atoms with van der Waals surface area (Å²) in [5, 5.41) is 6.59. The molecule has 1 aliphatic heterocycles. The van der Waals surface area contributed by atoms with Gasteiger partial charge in [0.2, 0.25) is 0 Å². The van der Waals surface area contributed by atoms with Gasteiger partial charge in [-0.25, -0.2) is 9.37 Å². The van der Waals surface area contributed by atoms with Crippen LogP contribution >= 0.6 is 7.92 Å². The van der Waals surface area contributed by atoms with E-state index in [4.69, 9.17) is 9.15 Å². The molecule has 4 unspecified atom stereocenters. The molecule has 228 valence electrons. The number of para-hydroxylation sites is 1. The van der Waals surface area contributed by atoms with Crippen molar-refractivity contribution in [1.29, 1.82) is 0 Å². The fourth-order valence-corrected chi connectivity index (χ4v) is 6.30. The molecule has 0 aliphatic carbocycles. The molecule has 0 spiro atoms. The Morgan fingerprint density at radius 2 is 1.93 bits per heavy atom. The lowest BCUT2D eigenvalue weighted by atomic mass is 9.87. The van der Waals surface area contributed by atoms with Crippen LogP contribution in [-0.2, 0) is 6.42 Å². The number of nitrogens with one attached hydrogen (secondary N) is 2. The van der Waals surface area contributed by atoms with E-state index in [1.807, 2.05) is 20.0 Å². The van der Waals surface area contributed by atoms with Crippen molar-refractivity contribution in [2.24, 2.45) is 0 Å². The molecule has 2 N–H and O–H groups in total. The molecule has 3 aromatic rings. The average molecular weight is 607 g/mol. The summed E-state index contributed by atoms with van der Waals surface area (Å²) in [6.07, 6.45) is -4.72. The molecule has 42 heavy (non-hydrogen) atoms. The summed E-state index contributed by atoms with van der Waals surface area (Å²) in [4.78, 5) is 6.66. The Morgan fingerprint density at radius 3 is 2.57 bits per heavy atom. The zero-order chi connectivity index (χ0) is 30.6. The van der Waals surface area contributed by atoms with Crippen molar-refractivity contribution >= 4 is 35.8 Å². The first-order valence-corrected chi connectivity index (χ1v) is 16.4. The van der Waals surface area contributed by atoms with E-state index in [9.17, 15) is 13.2 Å². The summed E-state index contributed by atoms with van der Waals surface area (Å²) < 4.78 is 68.3. The highest BCUT2D eigenvalue weighted by molar-refractivity contribution is 7.63. The molecule has 6 nitrogen and oxygen atoms in total. The number of aromatic nitrogens is 1. The second-order valence-electron chi connectivity index (χ2n) is 10.8. The van der Waals surface area contributed by atoms with Crippen LogP contribution in [0, 0.1) is 11.8 Å². The fraction of sp³-hybridized carbons (Fsp3) is 0.516. The summed E-state index contributed by atoms with van der Waals surface area (Å²) in [5.74, 6) is 6.53. The molecule has 11 heteroatoms. The molecular weight excluding hydrogens is 567 g/mol. The minimum absolute atomic E-state index is 0.0483. The molecule has 0 amide bonds. The van der Waals surface area contributed by atoms with E-state index in [1.54, 1.807) is 31.3 Å². The van der Waals surface area contributed by atoms with Gasteiger partial charge in [0.05, 0.1) is 23.6 Å². The quantitative estimate of drug-likeness (QED) is 0.159. The summed E-state index contributed by atoms with van der Waals surface area (Å²) in [7, 11) is 3.30. The smallest absolute Gasteiger partial charge is 0.393 e. The molecule has 4 atom stereocenters. The maximum atomic E-state index is 15.6. The van der Waals surface area contributed by atoms with E-state index in [0.717, 1.165) is 11.9 Å². The highest BCUT2D eigenvalue weighted by Gasteiger charge is 2.40. The number of hydrogen-bond donors (Lipinski definition) is 2. The molecule has 3 heterocycles. The number of nitrogens with zero attached hydrogens (tertiary/aromatic N) is 2. The summed E-state index contributed by atoms with van der Waals surface area (Å²) >= 11 is 0. The van der Waals surface area contributed by atoms with E-state index < -0.39 is 24.8 Å². The Hall–Kier alpha value is -3.02. The molecule has 1 aliphatic rings. The van der Waals surface area contributed by atoms with Crippen molar-refractivity contribution in [2.45, 2.75) is 70.0 Å². The second-order valence-corrected chi connectivity index (χ2v) is 13.0. The van der Waals surface area contributed by atoms with Crippen LogP contribution in [0.5, 0.6) is 5.75 Å². The lowest BCUT2D eigenvalue weighted by Crippen LogP contribution is -2.57. The van der Waals surface area contributed by atoms with Gasteiger partial charge in [-0.1, -0.05) is 39.8 Å². The van der Waals surface area contributed by atoms with Crippen LogP contribution < -0.4 is 20.8 Å². The Morgan fingerprint density at radius 1 is 1.17 bits per heavy atom. The van der Waals surface area contributed by atoms with Crippen LogP contribution in [0.1, 0.15) is 44.4 Å². The fourth-order valence-electron chi connectivity index (χ4n) is 5.63. The molecule has 1 saturated heterocycles. The first kappa shape index (κ1) is 31.9. The Balaban J connectivity index is 1.63. The summed E-state index contributed by atoms with van der Waals surface area (Å²) in [5.41, 5.74) is 1.61. The number of anilines is 2. The minimum Gasteiger partial charge on any atom is -0.477 e. The Labute approximate surface area is 246 Å². The minimum atomic E-state index is -4.47. The highest BCUT2D eigenvalue weighted by Crippen LogP contribution is 2.37. The van der Waals surface area contributed by atoms with Crippen LogP contribution in [0.3, 0.4) is 0 Å². The maximum Gasteiger partial charge on any atom is 0.393 e. The number of furan rings is 1. The third kappa shape index (κ3) is 7.12. The molecule has 2 aromatic heterocycles. The number of benzene rings is 1. The number of likely N-dealkylation sites (tertiary alicyclic amines) is 1. The van der Waals surface area contributed by atoms with Crippen molar-refractivity contribution in [3.63, 3.8) is 0 Å². The predicted molar refractivity (Wildman–Crippen MR) is 163 cm³/mol. The standard InChI is InChI=1S/C31H39F4N4O2P/c1-7-19-17-23(28(32)24(8-2)39(19)4)37-22-12-9-11-20-21(18-31(33,34)35)25(41-29(20)22)13-10-16-40-26-14-15-27(42(5)6)38-30(26)36-3/h9,11-12,14-15,19,23-24,28,37H,7-8,16-18H2,1-6H3,(H,36,38). The molecule has 0 radical (unpaired) electrons. The molecular formula is C31H39F4N4O2P. The van der Waals surface area contributed by atoms with Gasteiger partial charge in [0.1, 0.15) is 12.8 Å². The highest BCUT2D eigenvalue weighted by atomic mass is 31.1. The number of halogens is 4. The largest absolute Gasteiger partial charge is 0.477 e. The van der Waals surface area contributed by atoms with Crippen LogP contribution in [0.15, 0.2) is 34.7 Å². The van der Waals surface area contributed by atoms with Gasteiger partial charge in [-0.15, -0.1) is 0 Å². The molecule has 1 fully saturated rings. The zero-order valence-electron chi connectivity index (χ0n) is 24.9. The molecule has 4 rings (SSSR count). The predicted octanol–water partition coefficient (Wildman–Crippen LogP) is 6.78. The first-order chi connectivity index (χ1) is 20.0. The van der Waals surface area contributed by atoms with E-state index >= 15 is 4.39 Å². The van der Waals surface area contributed by atoms with Crippen molar-refractivity contribution in [3.8, 4) is 17.6 Å². The van der Waals surface area contributed by atoms with Gasteiger partial charge < -0.3 is 19.8 Å². The number of hydrogen-bond acceptors (Lipinski definition) is 6. The normalized spacial score (nSPS) is 21.3. The van der Waals surface area contributed by atoms with E-state index in [2.05, 4.69) is 52.6 Å². The molecule has 0 saturated carbocycles. The number of fused-ring (bicyclic) bond motifs is 1.